The maximum atomic E-state index is 13.0. The average molecular weight is 454 g/mol. The van der Waals surface area contributed by atoms with Crippen LogP contribution < -0.4 is 15.4 Å². The number of thioether (sulfide) groups is 1. The van der Waals surface area contributed by atoms with Gasteiger partial charge in [-0.1, -0.05) is 6.07 Å². The third-order valence-corrected chi connectivity index (χ3v) is 6.95. The van der Waals surface area contributed by atoms with E-state index in [4.69, 9.17) is 4.74 Å². The first-order chi connectivity index (χ1) is 15.1. The Kier molecular flexibility index (Phi) is 6.58. The molecule has 1 aromatic heterocycles. The summed E-state index contributed by atoms with van der Waals surface area (Å²) in [6, 6.07) is 14.7. The number of carbonyl (C=O) groups excluding carboxylic acids is 2. The van der Waals surface area contributed by atoms with E-state index in [-0.39, 0.29) is 17.7 Å². The van der Waals surface area contributed by atoms with Gasteiger partial charge in [-0.05, 0) is 68.0 Å². The molecule has 1 aliphatic carbocycles. The van der Waals surface area contributed by atoms with Gasteiger partial charge in [0.15, 0.2) is 5.13 Å². The number of carbonyl (C=O) groups is 2. The summed E-state index contributed by atoms with van der Waals surface area (Å²) in [7, 11) is 1.58. The molecule has 1 atom stereocenters. The van der Waals surface area contributed by atoms with Crippen LogP contribution in [0.25, 0.3) is 0 Å². The van der Waals surface area contributed by atoms with E-state index in [0.29, 0.717) is 16.4 Å². The summed E-state index contributed by atoms with van der Waals surface area (Å²) < 4.78 is 5.13. The smallest absolute Gasteiger partial charge is 0.257 e. The fourth-order valence-corrected chi connectivity index (χ4v) is 5.09. The number of ether oxygens (including phenoxy) is 1. The summed E-state index contributed by atoms with van der Waals surface area (Å²) in [6.07, 6.45) is 4.54. The number of rotatable bonds is 6. The zero-order valence-electron chi connectivity index (χ0n) is 17.3. The number of hydrogen-bond donors (Lipinski definition) is 2. The molecule has 160 valence electrons. The Morgan fingerprint density at radius 2 is 1.97 bits per heavy atom. The largest absolute Gasteiger partial charge is 0.497 e. The molecule has 0 saturated heterocycles. The number of nitrogens with one attached hydrogen (secondary N) is 2. The highest BCUT2D eigenvalue weighted by atomic mass is 32.2. The Hall–Kier alpha value is -2.84. The molecule has 0 spiro atoms. The van der Waals surface area contributed by atoms with E-state index >= 15 is 0 Å². The van der Waals surface area contributed by atoms with Crippen LogP contribution in [0, 0.1) is 0 Å². The van der Waals surface area contributed by atoms with E-state index in [1.165, 1.54) is 11.3 Å². The van der Waals surface area contributed by atoms with Gasteiger partial charge < -0.3 is 10.1 Å². The summed E-state index contributed by atoms with van der Waals surface area (Å²) in [5, 5.41) is 6.42. The number of aryl methyl sites for hydroxylation is 1. The van der Waals surface area contributed by atoms with E-state index in [2.05, 4.69) is 15.6 Å². The summed E-state index contributed by atoms with van der Waals surface area (Å²) in [6.45, 7) is 0. The molecule has 2 aromatic carbocycles. The molecule has 1 heterocycles. The molecule has 0 fully saturated rings. The van der Waals surface area contributed by atoms with Crippen LogP contribution in [0.15, 0.2) is 53.4 Å². The first-order valence-corrected chi connectivity index (χ1v) is 12.0. The van der Waals surface area contributed by atoms with Crippen molar-refractivity contribution in [3.63, 3.8) is 0 Å². The van der Waals surface area contributed by atoms with E-state index in [0.717, 1.165) is 40.4 Å². The standard InChI is InChI=1S/C23H23N3O3S2/c1-29-16-11-9-14(10-12-16)21(27)26-23-25-20-18(7-4-8-19(20)31-23)22(28)24-15-5-3-6-17(13-15)30-2/h3,5-6,9-13,18H,4,7-8H2,1-2H3,(H,24,28)(H,25,26,27). The van der Waals surface area contributed by atoms with Crippen molar-refractivity contribution in [1.29, 1.82) is 0 Å². The third kappa shape index (κ3) is 4.91. The highest BCUT2D eigenvalue weighted by Crippen LogP contribution is 2.37. The first-order valence-electron chi connectivity index (χ1n) is 9.97. The molecular weight excluding hydrogens is 430 g/mol. The second kappa shape index (κ2) is 9.53. The van der Waals surface area contributed by atoms with Crippen molar-refractivity contribution >= 4 is 45.7 Å². The number of methoxy groups -OCH3 is 1. The lowest BCUT2D eigenvalue weighted by atomic mass is 9.90. The lowest BCUT2D eigenvalue weighted by Crippen LogP contribution is -2.24. The van der Waals surface area contributed by atoms with Crippen molar-refractivity contribution < 1.29 is 14.3 Å². The van der Waals surface area contributed by atoms with Crippen LogP contribution in [-0.2, 0) is 11.2 Å². The van der Waals surface area contributed by atoms with Gasteiger partial charge in [0.1, 0.15) is 5.75 Å². The zero-order chi connectivity index (χ0) is 21.8. The number of thiazole rings is 1. The summed E-state index contributed by atoms with van der Waals surface area (Å²) in [4.78, 5) is 32.4. The Bertz CT molecular complexity index is 1100. The molecule has 8 heteroatoms. The molecule has 0 radical (unpaired) electrons. The van der Waals surface area contributed by atoms with Crippen molar-refractivity contribution in [3.8, 4) is 5.75 Å². The number of anilines is 2. The SMILES string of the molecule is COc1ccc(C(=O)Nc2nc3c(s2)CCCC3C(=O)Nc2cccc(SC)c2)cc1. The Morgan fingerprint density at radius 3 is 2.71 bits per heavy atom. The topological polar surface area (TPSA) is 80.3 Å². The monoisotopic (exact) mass is 453 g/mol. The maximum absolute atomic E-state index is 13.0. The summed E-state index contributed by atoms with van der Waals surface area (Å²) >= 11 is 3.08. The second-order valence-electron chi connectivity index (χ2n) is 7.18. The summed E-state index contributed by atoms with van der Waals surface area (Å²) in [5.74, 6) is 0.0870. The lowest BCUT2D eigenvalue weighted by Gasteiger charge is -2.20. The molecule has 1 aliphatic rings. The fourth-order valence-electron chi connectivity index (χ4n) is 3.57. The Morgan fingerprint density at radius 1 is 1.16 bits per heavy atom. The number of fused-ring (bicyclic) bond motifs is 1. The molecular formula is C23H23N3O3S2. The number of aromatic nitrogens is 1. The molecule has 2 N–H and O–H groups in total. The van der Waals surface area contributed by atoms with Gasteiger partial charge in [0.25, 0.3) is 5.91 Å². The number of nitrogens with zero attached hydrogens (tertiary/aromatic N) is 1. The maximum Gasteiger partial charge on any atom is 0.257 e. The minimum atomic E-state index is -0.315. The van der Waals surface area contributed by atoms with Crippen molar-refractivity contribution in [1.82, 2.24) is 4.98 Å². The second-order valence-corrected chi connectivity index (χ2v) is 9.14. The van der Waals surface area contributed by atoms with Gasteiger partial charge in [-0.3, -0.25) is 14.9 Å². The van der Waals surface area contributed by atoms with Gasteiger partial charge in [-0.25, -0.2) is 4.98 Å². The van der Waals surface area contributed by atoms with Crippen LogP contribution in [0.1, 0.15) is 39.7 Å². The quantitative estimate of drug-likeness (QED) is 0.503. The minimum Gasteiger partial charge on any atom is -0.497 e. The van der Waals surface area contributed by atoms with E-state index in [9.17, 15) is 9.59 Å². The predicted octanol–water partition coefficient (Wildman–Crippen LogP) is 5.18. The van der Waals surface area contributed by atoms with E-state index in [1.807, 2.05) is 30.5 Å². The van der Waals surface area contributed by atoms with Gasteiger partial charge in [0.05, 0.1) is 18.7 Å². The van der Waals surface area contributed by atoms with E-state index in [1.54, 1.807) is 43.1 Å². The zero-order valence-corrected chi connectivity index (χ0v) is 18.9. The van der Waals surface area contributed by atoms with Gasteiger partial charge in [-0.15, -0.1) is 23.1 Å². The average Bonchev–Trinajstić information content (AvgIpc) is 3.21. The van der Waals surface area contributed by atoms with Gasteiger partial charge >= 0.3 is 0 Å². The molecule has 0 bridgehead atoms. The molecule has 2 amide bonds. The molecule has 3 aromatic rings. The van der Waals surface area contributed by atoms with Gasteiger partial charge in [0.2, 0.25) is 5.91 Å². The lowest BCUT2D eigenvalue weighted by molar-refractivity contribution is -0.117. The molecule has 0 saturated carbocycles. The van der Waals surface area contributed by atoms with Crippen molar-refractivity contribution in [2.24, 2.45) is 0 Å². The van der Waals surface area contributed by atoms with Gasteiger partial charge in [-0.2, -0.15) is 0 Å². The summed E-state index contributed by atoms with van der Waals surface area (Å²) in [5.41, 5.74) is 2.09. The highest BCUT2D eigenvalue weighted by Gasteiger charge is 2.30. The number of amides is 2. The number of hydrogen-bond acceptors (Lipinski definition) is 6. The fraction of sp³-hybridized carbons (Fsp3) is 0.261. The molecule has 1 unspecified atom stereocenters. The van der Waals surface area contributed by atoms with Crippen LogP contribution >= 0.6 is 23.1 Å². The van der Waals surface area contributed by atoms with E-state index < -0.39 is 0 Å². The van der Waals surface area contributed by atoms with Crippen LogP contribution in [0.3, 0.4) is 0 Å². The first kappa shape index (κ1) is 21.4. The van der Waals surface area contributed by atoms with Crippen LogP contribution in [0.5, 0.6) is 5.75 Å². The van der Waals surface area contributed by atoms with Crippen molar-refractivity contribution in [2.75, 3.05) is 24.0 Å². The van der Waals surface area contributed by atoms with Crippen LogP contribution in [-0.4, -0.2) is 30.2 Å². The number of benzene rings is 2. The predicted molar refractivity (Wildman–Crippen MR) is 126 cm³/mol. The Balaban J connectivity index is 1.48. The Labute approximate surface area is 189 Å². The van der Waals surface area contributed by atoms with Crippen LogP contribution in [0.2, 0.25) is 0 Å². The normalized spacial score (nSPS) is 15.1. The third-order valence-electron chi connectivity index (χ3n) is 5.18. The van der Waals surface area contributed by atoms with Crippen molar-refractivity contribution in [3.05, 3.63) is 64.7 Å². The highest BCUT2D eigenvalue weighted by molar-refractivity contribution is 7.98. The van der Waals surface area contributed by atoms with Crippen molar-refractivity contribution in [2.45, 2.75) is 30.1 Å². The molecule has 4 rings (SSSR count). The molecule has 0 aliphatic heterocycles. The molecule has 31 heavy (non-hydrogen) atoms. The van der Waals surface area contributed by atoms with Crippen LogP contribution in [0.4, 0.5) is 10.8 Å². The minimum absolute atomic E-state index is 0.0578. The molecule has 6 nitrogen and oxygen atoms in total. The van der Waals surface area contributed by atoms with Gasteiger partial charge in [0, 0.05) is 21.0 Å².